The van der Waals surface area contributed by atoms with Gasteiger partial charge in [0.05, 0.1) is 11.9 Å². The highest BCUT2D eigenvalue weighted by atomic mass is 16.3. The Hall–Kier alpha value is -2.86. The number of hydrogen-bond acceptors (Lipinski definition) is 5. The van der Waals surface area contributed by atoms with Gasteiger partial charge in [0, 0.05) is 5.41 Å². The van der Waals surface area contributed by atoms with Crippen LogP contribution in [0.15, 0.2) is 48.7 Å². The maximum atomic E-state index is 12.1. The van der Waals surface area contributed by atoms with E-state index in [-0.39, 0.29) is 11.2 Å². The Morgan fingerprint density at radius 3 is 2.56 bits per heavy atom. The molecule has 1 heterocycles. The molecule has 3 N–H and O–H groups in total. The summed E-state index contributed by atoms with van der Waals surface area (Å²) in [5, 5.41) is 40.2. The minimum atomic E-state index is -0.993. The van der Waals surface area contributed by atoms with Gasteiger partial charge in [-0.15, -0.1) is 5.10 Å². The van der Waals surface area contributed by atoms with Crippen molar-refractivity contribution < 1.29 is 15.3 Å². The van der Waals surface area contributed by atoms with Crippen LogP contribution in [0.4, 0.5) is 0 Å². The Kier molecular flexibility index (Phi) is 4.22. The summed E-state index contributed by atoms with van der Waals surface area (Å²) >= 11 is 0. The van der Waals surface area contributed by atoms with Gasteiger partial charge in [0.1, 0.15) is 22.8 Å². The molecule has 166 valence electrons. The summed E-state index contributed by atoms with van der Waals surface area (Å²) in [4.78, 5) is 0. The van der Waals surface area contributed by atoms with Crippen molar-refractivity contribution in [2.24, 2.45) is 17.3 Å². The molecule has 2 aromatic carbocycles. The van der Waals surface area contributed by atoms with Gasteiger partial charge in [0.15, 0.2) is 0 Å². The zero-order chi connectivity index (χ0) is 22.1. The molecule has 32 heavy (non-hydrogen) atoms. The van der Waals surface area contributed by atoms with Gasteiger partial charge in [0.2, 0.25) is 0 Å². The van der Waals surface area contributed by atoms with Crippen LogP contribution in [0, 0.1) is 17.3 Å². The van der Waals surface area contributed by atoms with Gasteiger partial charge in [-0.3, -0.25) is 0 Å². The molecule has 3 aliphatic rings. The Morgan fingerprint density at radius 2 is 1.75 bits per heavy atom. The van der Waals surface area contributed by atoms with E-state index in [1.165, 1.54) is 11.1 Å². The Bertz CT molecular complexity index is 1170. The number of fused-ring (bicyclic) bond motifs is 5. The number of aromatic hydroxyl groups is 2. The minimum Gasteiger partial charge on any atom is -0.508 e. The van der Waals surface area contributed by atoms with Crippen LogP contribution in [-0.4, -0.2) is 30.3 Å². The Balaban J connectivity index is 1.32. The SMILES string of the molecule is C[C@]12CC[C@@H]3c4ccc(O)cc4CC[C@H]3[C@@H]1CC[C@@]2(O)c1cn(-c2ccc(O)cc2)nn1. The first kappa shape index (κ1) is 19.8. The molecule has 2 fully saturated rings. The molecule has 6 rings (SSSR count). The molecular weight excluding hydrogens is 402 g/mol. The lowest BCUT2D eigenvalue weighted by Gasteiger charge is -2.52. The van der Waals surface area contributed by atoms with Crippen LogP contribution in [0.3, 0.4) is 0 Å². The second kappa shape index (κ2) is 6.82. The fourth-order valence-electron chi connectivity index (χ4n) is 7.19. The molecule has 3 aliphatic carbocycles. The van der Waals surface area contributed by atoms with Crippen LogP contribution in [-0.2, 0) is 12.0 Å². The van der Waals surface area contributed by atoms with Gasteiger partial charge in [-0.2, -0.15) is 0 Å². The molecule has 6 nitrogen and oxygen atoms in total. The highest BCUT2D eigenvalue weighted by molar-refractivity contribution is 5.41. The van der Waals surface area contributed by atoms with Crippen molar-refractivity contribution in [2.75, 3.05) is 0 Å². The van der Waals surface area contributed by atoms with E-state index in [2.05, 4.69) is 23.3 Å². The number of rotatable bonds is 2. The maximum Gasteiger partial charge on any atom is 0.116 e. The van der Waals surface area contributed by atoms with E-state index in [0.29, 0.717) is 35.6 Å². The highest BCUT2D eigenvalue weighted by Gasteiger charge is 2.63. The smallest absolute Gasteiger partial charge is 0.116 e. The molecular formula is C26H29N3O3. The number of hydrogen-bond donors (Lipinski definition) is 3. The van der Waals surface area contributed by atoms with E-state index >= 15 is 0 Å². The second-order valence-electron chi connectivity index (χ2n) is 10.2. The van der Waals surface area contributed by atoms with Crippen LogP contribution in [0.1, 0.15) is 61.8 Å². The first-order valence-electron chi connectivity index (χ1n) is 11.7. The Labute approximate surface area is 187 Å². The predicted molar refractivity (Wildman–Crippen MR) is 120 cm³/mol. The van der Waals surface area contributed by atoms with E-state index in [4.69, 9.17) is 0 Å². The number of aryl methyl sites for hydroxylation is 1. The van der Waals surface area contributed by atoms with Gasteiger partial charge in [-0.1, -0.05) is 18.2 Å². The molecule has 0 amide bonds. The second-order valence-corrected chi connectivity index (χ2v) is 10.2. The highest BCUT2D eigenvalue weighted by Crippen LogP contribution is 2.66. The first-order valence-corrected chi connectivity index (χ1v) is 11.7. The zero-order valence-electron chi connectivity index (χ0n) is 18.3. The quantitative estimate of drug-likeness (QED) is 0.559. The topological polar surface area (TPSA) is 91.4 Å². The number of aliphatic hydroxyl groups is 1. The van der Waals surface area contributed by atoms with Crippen molar-refractivity contribution in [3.8, 4) is 17.2 Å². The molecule has 0 bridgehead atoms. The third kappa shape index (κ3) is 2.68. The van der Waals surface area contributed by atoms with Crippen LogP contribution in [0.5, 0.6) is 11.5 Å². The fraction of sp³-hybridized carbons (Fsp3) is 0.462. The summed E-state index contributed by atoms with van der Waals surface area (Å²) < 4.78 is 1.68. The van der Waals surface area contributed by atoms with Crippen molar-refractivity contribution in [2.45, 2.75) is 57.0 Å². The average Bonchev–Trinajstić information content (AvgIpc) is 3.38. The van der Waals surface area contributed by atoms with E-state index < -0.39 is 5.60 Å². The molecule has 5 atom stereocenters. The van der Waals surface area contributed by atoms with Crippen molar-refractivity contribution in [1.82, 2.24) is 15.0 Å². The molecule has 3 aromatic rings. The lowest BCUT2D eigenvalue weighted by atomic mass is 9.53. The van der Waals surface area contributed by atoms with Gasteiger partial charge in [0.25, 0.3) is 0 Å². The van der Waals surface area contributed by atoms with E-state index in [1.54, 1.807) is 28.9 Å². The van der Waals surface area contributed by atoms with Crippen LogP contribution < -0.4 is 0 Å². The largest absolute Gasteiger partial charge is 0.508 e. The molecule has 1 aromatic heterocycles. The van der Waals surface area contributed by atoms with Crippen molar-refractivity contribution in [3.05, 3.63) is 65.5 Å². The zero-order valence-corrected chi connectivity index (χ0v) is 18.3. The number of benzene rings is 2. The lowest BCUT2D eigenvalue weighted by Crippen LogP contribution is -2.49. The van der Waals surface area contributed by atoms with Gasteiger partial charge in [-0.25, -0.2) is 4.68 Å². The van der Waals surface area contributed by atoms with Crippen molar-refractivity contribution in [1.29, 1.82) is 0 Å². The summed E-state index contributed by atoms with van der Waals surface area (Å²) in [7, 11) is 0. The van der Waals surface area contributed by atoms with Gasteiger partial charge >= 0.3 is 0 Å². The average molecular weight is 432 g/mol. The minimum absolute atomic E-state index is 0.208. The predicted octanol–water partition coefficient (Wildman–Crippen LogP) is 4.42. The maximum absolute atomic E-state index is 12.1. The molecule has 0 unspecified atom stereocenters. The number of phenols is 2. The Morgan fingerprint density at radius 1 is 0.969 bits per heavy atom. The standard InChI is InChI=1S/C26H29N3O3/c1-25-12-10-21-20-9-7-19(31)14-16(20)2-8-22(21)23(25)11-13-26(25,32)24-15-29(28-27-24)17-3-5-18(30)6-4-17/h3-7,9,14-15,21-23,30-32H,2,8,10-13H2,1H3/t21-,22-,23+,25+,26-/m1/s1. The van der Waals surface area contributed by atoms with Crippen LogP contribution >= 0.6 is 0 Å². The lowest BCUT2D eigenvalue weighted by molar-refractivity contribution is -0.111. The normalized spacial score (nSPS) is 33.4. The monoisotopic (exact) mass is 431 g/mol. The summed E-state index contributed by atoms with van der Waals surface area (Å²) in [5.74, 6) is 2.06. The number of aromatic nitrogens is 3. The summed E-state index contributed by atoms with van der Waals surface area (Å²) in [6.07, 6.45) is 7.64. The molecule has 0 spiro atoms. The van der Waals surface area contributed by atoms with E-state index in [0.717, 1.165) is 37.8 Å². The van der Waals surface area contributed by atoms with Crippen molar-refractivity contribution >= 4 is 0 Å². The first-order chi connectivity index (χ1) is 15.4. The summed E-state index contributed by atoms with van der Waals surface area (Å²) in [6.45, 7) is 2.26. The van der Waals surface area contributed by atoms with Gasteiger partial charge in [-0.05, 0) is 104 Å². The summed E-state index contributed by atoms with van der Waals surface area (Å²) in [6, 6.07) is 12.7. The van der Waals surface area contributed by atoms with Gasteiger partial charge < -0.3 is 15.3 Å². The van der Waals surface area contributed by atoms with Crippen LogP contribution in [0.2, 0.25) is 0 Å². The van der Waals surface area contributed by atoms with E-state index in [1.807, 2.05) is 18.3 Å². The van der Waals surface area contributed by atoms with Crippen LogP contribution in [0.25, 0.3) is 5.69 Å². The fourth-order valence-corrected chi connectivity index (χ4v) is 7.19. The molecule has 6 heteroatoms. The summed E-state index contributed by atoms with van der Waals surface area (Å²) in [5.41, 5.74) is 2.91. The van der Waals surface area contributed by atoms with Crippen molar-refractivity contribution in [3.63, 3.8) is 0 Å². The number of phenolic OH excluding ortho intramolecular Hbond substituents is 2. The third-order valence-corrected chi connectivity index (χ3v) is 8.89. The third-order valence-electron chi connectivity index (χ3n) is 8.89. The molecule has 0 aliphatic heterocycles. The number of nitrogens with zero attached hydrogens (tertiary/aromatic N) is 3. The molecule has 0 saturated heterocycles. The molecule has 0 radical (unpaired) electrons. The van der Waals surface area contributed by atoms with E-state index in [9.17, 15) is 15.3 Å². The molecule has 2 saturated carbocycles.